The van der Waals surface area contributed by atoms with Gasteiger partial charge < -0.3 is 4.74 Å². The summed E-state index contributed by atoms with van der Waals surface area (Å²) >= 11 is 3.40. The fourth-order valence-corrected chi connectivity index (χ4v) is 2.46. The number of rotatable bonds is 1. The summed E-state index contributed by atoms with van der Waals surface area (Å²) in [5.74, 6) is -0.232. The molecular weight excluding hydrogens is 292 g/mol. The molecule has 0 aromatic heterocycles. The number of ether oxygens (including phenoxy) is 1. The van der Waals surface area contributed by atoms with Crippen LogP contribution in [-0.2, 0) is 11.2 Å². The Morgan fingerprint density at radius 2 is 1.78 bits per heavy atom. The monoisotopic (exact) mass is 302 g/mol. The van der Waals surface area contributed by atoms with E-state index in [1.54, 1.807) is 0 Å². The van der Waals surface area contributed by atoms with Crippen molar-refractivity contribution in [2.75, 3.05) is 0 Å². The zero-order chi connectivity index (χ0) is 12.5. The number of hydrogen-bond donors (Lipinski definition) is 0. The van der Waals surface area contributed by atoms with Crippen molar-refractivity contribution < 1.29 is 9.53 Å². The highest BCUT2D eigenvalue weighted by Gasteiger charge is 2.26. The molecule has 0 saturated heterocycles. The maximum absolute atomic E-state index is 11.9. The predicted molar refractivity (Wildman–Crippen MR) is 72.4 cm³/mol. The molecule has 0 radical (unpaired) electrons. The molecule has 1 aliphatic rings. The molecule has 0 aliphatic carbocycles. The lowest BCUT2D eigenvalue weighted by Crippen LogP contribution is -2.21. The van der Waals surface area contributed by atoms with E-state index in [1.165, 1.54) is 0 Å². The van der Waals surface area contributed by atoms with Crippen molar-refractivity contribution in [2.45, 2.75) is 12.5 Å². The second-order valence-electron chi connectivity index (χ2n) is 4.31. The number of carbonyl (C=O) groups excluding carboxylic acids is 1. The molecule has 3 heteroatoms. The maximum Gasteiger partial charge on any atom is 0.339 e. The smallest absolute Gasteiger partial charge is 0.339 e. The molecule has 1 atom stereocenters. The third-order valence-electron chi connectivity index (χ3n) is 3.13. The Morgan fingerprint density at radius 1 is 1.06 bits per heavy atom. The van der Waals surface area contributed by atoms with E-state index in [4.69, 9.17) is 4.74 Å². The van der Waals surface area contributed by atoms with E-state index in [0.717, 1.165) is 22.0 Å². The fourth-order valence-electron chi connectivity index (χ4n) is 2.19. The van der Waals surface area contributed by atoms with E-state index < -0.39 is 0 Å². The molecule has 0 bridgehead atoms. The summed E-state index contributed by atoms with van der Waals surface area (Å²) in [4.78, 5) is 11.9. The first-order chi connectivity index (χ1) is 8.74. The van der Waals surface area contributed by atoms with Gasteiger partial charge >= 0.3 is 5.97 Å². The van der Waals surface area contributed by atoms with Crippen LogP contribution in [0, 0.1) is 0 Å². The molecule has 18 heavy (non-hydrogen) atoms. The summed E-state index contributed by atoms with van der Waals surface area (Å²) < 4.78 is 6.51. The van der Waals surface area contributed by atoms with Crippen molar-refractivity contribution in [3.8, 4) is 0 Å². The van der Waals surface area contributed by atoms with Crippen LogP contribution in [0.2, 0.25) is 0 Å². The van der Waals surface area contributed by atoms with Gasteiger partial charge in [-0.2, -0.15) is 0 Å². The van der Waals surface area contributed by atoms with Crippen LogP contribution in [0.4, 0.5) is 0 Å². The van der Waals surface area contributed by atoms with E-state index >= 15 is 0 Å². The van der Waals surface area contributed by atoms with Crippen LogP contribution in [0.3, 0.4) is 0 Å². The number of fused-ring (bicyclic) bond motifs is 1. The van der Waals surface area contributed by atoms with Gasteiger partial charge in [0.25, 0.3) is 0 Å². The Hall–Kier alpha value is -1.61. The van der Waals surface area contributed by atoms with Crippen LogP contribution in [0.5, 0.6) is 0 Å². The van der Waals surface area contributed by atoms with Crippen LogP contribution in [0.1, 0.15) is 27.6 Å². The molecule has 1 aliphatic heterocycles. The fraction of sp³-hybridized carbons (Fsp3) is 0.133. The van der Waals surface area contributed by atoms with E-state index in [-0.39, 0.29) is 12.1 Å². The van der Waals surface area contributed by atoms with Crippen molar-refractivity contribution in [1.82, 2.24) is 0 Å². The van der Waals surface area contributed by atoms with E-state index in [0.29, 0.717) is 5.56 Å². The molecule has 1 unspecified atom stereocenters. The number of carbonyl (C=O) groups is 1. The SMILES string of the molecule is O=C1OC(c2ccc(Br)cc2)Cc2ccccc21. The summed E-state index contributed by atoms with van der Waals surface area (Å²) in [6.45, 7) is 0. The normalized spacial score (nSPS) is 18.1. The van der Waals surface area contributed by atoms with Gasteiger partial charge in [-0.25, -0.2) is 4.79 Å². The molecule has 0 fully saturated rings. The van der Waals surface area contributed by atoms with Crippen molar-refractivity contribution in [2.24, 2.45) is 0 Å². The van der Waals surface area contributed by atoms with Crippen LogP contribution in [0.25, 0.3) is 0 Å². The lowest BCUT2D eigenvalue weighted by atomic mass is 9.95. The van der Waals surface area contributed by atoms with Gasteiger partial charge in [-0.15, -0.1) is 0 Å². The largest absolute Gasteiger partial charge is 0.454 e. The third-order valence-corrected chi connectivity index (χ3v) is 3.66. The maximum atomic E-state index is 11.9. The highest BCUT2D eigenvalue weighted by atomic mass is 79.9. The molecule has 0 saturated carbocycles. The van der Waals surface area contributed by atoms with Crippen LogP contribution in [-0.4, -0.2) is 5.97 Å². The number of benzene rings is 2. The van der Waals surface area contributed by atoms with Crippen molar-refractivity contribution in [3.05, 3.63) is 69.7 Å². The Morgan fingerprint density at radius 3 is 2.56 bits per heavy atom. The number of esters is 1. The van der Waals surface area contributed by atoms with E-state index in [2.05, 4.69) is 15.9 Å². The number of hydrogen-bond acceptors (Lipinski definition) is 2. The Balaban J connectivity index is 1.94. The molecule has 2 aromatic carbocycles. The molecule has 2 aromatic rings. The van der Waals surface area contributed by atoms with Crippen LogP contribution >= 0.6 is 15.9 Å². The molecular formula is C15H11BrO2. The molecule has 0 N–H and O–H groups in total. The van der Waals surface area contributed by atoms with E-state index in [1.807, 2.05) is 48.5 Å². The number of cyclic esters (lactones) is 1. The minimum atomic E-state index is -0.232. The third kappa shape index (κ3) is 2.06. The Labute approximate surface area is 114 Å². The molecule has 90 valence electrons. The Kier molecular flexibility index (Phi) is 2.92. The molecule has 0 amide bonds. The molecule has 3 rings (SSSR count). The van der Waals surface area contributed by atoms with Crippen molar-refractivity contribution in [3.63, 3.8) is 0 Å². The first-order valence-electron chi connectivity index (χ1n) is 5.78. The van der Waals surface area contributed by atoms with Gasteiger partial charge in [0.15, 0.2) is 0 Å². The quantitative estimate of drug-likeness (QED) is 0.747. The predicted octanol–water partition coefficient (Wildman–Crippen LogP) is 3.90. The average Bonchev–Trinajstić information content (AvgIpc) is 2.39. The Bertz CT molecular complexity index is 590. The van der Waals surface area contributed by atoms with Gasteiger partial charge in [-0.05, 0) is 29.3 Å². The second kappa shape index (κ2) is 4.58. The van der Waals surface area contributed by atoms with Gasteiger partial charge in [0.1, 0.15) is 6.10 Å². The summed E-state index contributed by atoms with van der Waals surface area (Å²) in [7, 11) is 0. The average molecular weight is 303 g/mol. The molecule has 1 heterocycles. The van der Waals surface area contributed by atoms with Crippen LogP contribution < -0.4 is 0 Å². The summed E-state index contributed by atoms with van der Waals surface area (Å²) in [5.41, 5.74) is 2.77. The van der Waals surface area contributed by atoms with Gasteiger partial charge in [0, 0.05) is 10.9 Å². The molecule has 0 spiro atoms. The lowest BCUT2D eigenvalue weighted by molar-refractivity contribution is 0.0253. The summed E-state index contributed by atoms with van der Waals surface area (Å²) in [6.07, 6.45) is 0.560. The van der Waals surface area contributed by atoms with Crippen molar-refractivity contribution >= 4 is 21.9 Å². The second-order valence-corrected chi connectivity index (χ2v) is 5.22. The zero-order valence-electron chi connectivity index (χ0n) is 9.60. The van der Waals surface area contributed by atoms with Gasteiger partial charge in [-0.1, -0.05) is 46.3 Å². The lowest BCUT2D eigenvalue weighted by Gasteiger charge is -2.24. The highest BCUT2D eigenvalue weighted by Crippen LogP contribution is 2.30. The highest BCUT2D eigenvalue weighted by molar-refractivity contribution is 9.10. The standard InChI is InChI=1S/C15H11BrO2/c16-12-7-5-10(6-8-12)14-9-11-3-1-2-4-13(11)15(17)18-14/h1-8,14H,9H2. The van der Waals surface area contributed by atoms with Crippen LogP contribution in [0.15, 0.2) is 53.0 Å². The van der Waals surface area contributed by atoms with Gasteiger partial charge in [0.2, 0.25) is 0 Å². The first-order valence-corrected chi connectivity index (χ1v) is 6.58. The van der Waals surface area contributed by atoms with Gasteiger partial charge in [-0.3, -0.25) is 0 Å². The minimum absolute atomic E-state index is 0.180. The zero-order valence-corrected chi connectivity index (χ0v) is 11.2. The van der Waals surface area contributed by atoms with Gasteiger partial charge in [0.05, 0.1) is 5.56 Å². The summed E-state index contributed by atoms with van der Waals surface area (Å²) in [6, 6.07) is 15.5. The first kappa shape index (κ1) is 11.5. The van der Waals surface area contributed by atoms with E-state index in [9.17, 15) is 4.79 Å². The molecule has 2 nitrogen and oxygen atoms in total. The number of halogens is 1. The van der Waals surface area contributed by atoms with Crippen molar-refractivity contribution in [1.29, 1.82) is 0 Å². The summed E-state index contributed by atoms with van der Waals surface area (Å²) in [5, 5.41) is 0. The topological polar surface area (TPSA) is 26.3 Å². The minimum Gasteiger partial charge on any atom is -0.454 e.